The number of fused-ring (bicyclic) bond motifs is 1. The van der Waals surface area contributed by atoms with E-state index in [1.54, 1.807) is 0 Å². The zero-order valence-corrected chi connectivity index (χ0v) is 10.3. The minimum absolute atomic E-state index is 0.887. The molecule has 1 N–H and O–H groups in total. The van der Waals surface area contributed by atoms with Crippen molar-refractivity contribution in [3.8, 4) is 11.1 Å². The van der Waals surface area contributed by atoms with E-state index < -0.39 is 0 Å². The topological polar surface area (TPSA) is 29.3 Å². The number of benzene rings is 1. The van der Waals surface area contributed by atoms with Crippen molar-refractivity contribution in [2.45, 2.75) is 6.54 Å². The van der Waals surface area contributed by atoms with Crippen molar-refractivity contribution in [3.05, 3.63) is 60.4 Å². The molecule has 0 aliphatic rings. The molecular weight excluding hydrogens is 222 g/mol. The highest BCUT2D eigenvalue weighted by atomic mass is 15.2. The van der Waals surface area contributed by atoms with Crippen molar-refractivity contribution >= 4 is 5.52 Å². The number of rotatable bonds is 3. The molecule has 0 aliphatic carbocycles. The smallest absolute Gasteiger partial charge is 0.0661 e. The fraction of sp³-hybridized carbons (Fsp3) is 0.133. The molecule has 0 atom stereocenters. The van der Waals surface area contributed by atoms with Crippen LogP contribution in [0.25, 0.3) is 16.6 Å². The second-order valence-corrected chi connectivity index (χ2v) is 4.35. The van der Waals surface area contributed by atoms with Gasteiger partial charge < -0.3 is 5.32 Å². The van der Waals surface area contributed by atoms with Gasteiger partial charge in [0.25, 0.3) is 0 Å². The van der Waals surface area contributed by atoms with Gasteiger partial charge >= 0.3 is 0 Å². The fourth-order valence-electron chi connectivity index (χ4n) is 2.15. The predicted octanol–water partition coefficient (Wildman–Crippen LogP) is 2.72. The van der Waals surface area contributed by atoms with E-state index >= 15 is 0 Å². The summed E-state index contributed by atoms with van der Waals surface area (Å²) in [7, 11) is 1.96. The lowest BCUT2D eigenvalue weighted by atomic mass is 10.0. The molecule has 0 spiro atoms. The summed E-state index contributed by atoms with van der Waals surface area (Å²) in [5.41, 5.74) is 4.81. The van der Waals surface area contributed by atoms with E-state index in [1.165, 1.54) is 16.7 Å². The Kier molecular flexibility index (Phi) is 2.82. The van der Waals surface area contributed by atoms with E-state index in [1.807, 2.05) is 23.8 Å². The van der Waals surface area contributed by atoms with E-state index in [-0.39, 0.29) is 0 Å². The molecule has 2 aromatic heterocycles. The molecule has 0 radical (unpaired) electrons. The summed E-state index contributed by atoms with van der Waals surface area (Å²) < 4.78 is 1.90. The van der Waals surface area contributed by atoms with Gasteiger partial charge in [0.05, 0.1) is 5.52 Å². The third-order valence-electron chi connectivity index (χ3n) is 3.04. The number of pyridine rings is 1. The van der Waals surface area contributed by atoms with E-state index in [9.17, 15) is 0 Å². The lowest BCUT2D eigenvalue weighted by Gasteiger charge is -2.06. The number of nitrogens with one attached hydrogen (secondary N) is 1. The lowest BCUT2D eigenvalue weighted by molar-refractivity contribution is 0.818. The normalized spacial score (nSPS) is 10.9. The molecule has 3 aromatic rings. The van der Waals surface area contributed by atoms with Crippen LogP contribution < -0.4 is 5.32 Å². The van der Waals surface area contributed by atoms with Gasteiger partial charge in [-0.3, -0.25) is 0 Å². The first-order valence-corrected chi connectivity index (χ1v) is 6.04. The summed E-state index contributed by atoms with van der Waals surface area (Å²) >= 11 is 0. The van der Waals surface area contributed by atoms with Crippen molar-refractivity contribution in [1.29, 1.82) is 0 Å². The molecule has 0 fully saturated rings. The quantitative estimate of drug-likeness (QED) is 0.759. The average Bonchev–Trinajstić information content (AvgIpc) is 2.86. The Morgan fingerprint density at radius 1 is 1.11 bits per heavy atom. The molecular formula is C15H15N3. The molecule has 3 heteroatoms. The third kappa shape index (κ3) is 2.00. The van der Waals surface area contributed by atoms with Gasteiger partial charge in [0.1, 0.15) is 0 Å². The van der Waals surface area contributed by atoms with Gasteiger partial charge in [-0.05, 0) is 36.4 Å². The minimum atomic E-state index is 0.887. The Hall–Kier alpha value is -2.13. The van der Waals surface area contributed by atoms with E-state index in [4.69, 9.17) is 0 Å². The van der Waals surface area contributed by atoms with Crippen molar-refractivity contribution in [1.82, 2.24) is 14.9 Å². The summed E-state index contributed by atoms with van der Waals surface area (Å²) in [6, 6.07) is 14.8. The summed E-state index contributed by atoms with van der Waals surface area (Å²) in [6.07, 6.45) is 3.88. The molecule has 0 saturated carbocycles. The largest absolute Gasteiger partial charge is 0.316 e. The van der Waals surface area contributed by atoms with E-state index in [2.05, 4.69) is 53.0 Å². The second kappa shape index (κ2) is 4.63. The Morgan fingerprint density at radius 2 is 2.06 bits per heavy atom. The van der Waals surface area contributed by atoms with Gasteiger partial charge in [-0.2, -0.15) is 5.10 Å². The second-order valence-electron chi connectivity index (χ2n) is 4.35. The van der Waals surface area contributed by atoms with Crippen LogP contribution in [0.5, 0.6) is 0 Å². The van der Waals surface area contributed by atoms with Crippen LogP contribution >= 0.6 is 0 Å². The van der Waals surface area contributed by atoms with Crippen LogP contribution in [0.3, 0.4) is 0 Å². The zero-order valence-electron chi connectivity index (χ0n) is 10.3. The highest BCUT2D eigenvalue weighted by molar-refractivity contribution is 5.65. The molecule has 0 aliphatic heterocycles. The van der Waals surface area contributed by atoms with Gasteiger partial charge in [-0.1, -0.05) is 24.3 Å². The molecule has 90 valence electrons. The van der Waals surface area contributed by atoms with Gasteiger partial charge in [-0.25, -0.2) is 4.52 Å². The van der Waals surface area contributed by atoms with Gasteiger partial charge in [-0.15, -0.1) is 0 Å². The van der Waals surface area contributed by atoms with Crippen molar-refractivity contribution in [2.75, 3.05) is 7.05 Å². The maximum Gasteiger partial charge on any atom is 0.0661 e. The maximum atomic E-state index is 4.27. The molecule has 3 rings (SSSR count). The first kappa shape index (κ1) is 11.0. The average molecular weight is 237 g/mol. The van der Waals surface area contributed by atoms with Crippen molar-refractivity contribution in [3.63, 3.8) is 0 Å². The molecule has 3 nitrogen and oxygen atoms in total. The first-order valence-electron chi connectivity index (χ1n) is 6.04. The molecule has 0 amide bonds. The molecule has 0 bridgehead atoms. The number of nitrogens with zero attached hydrogens (tertiary/aromatic N) is 2. The Labute approximate surface area is 106 Å². The zero-order chi connectivity index (χ0) is 12.4. The Morgan fingerprint density at radius 3 is 2.94 bits per heavy atom. The highest BCUT2D eigenvalue weighted by Crippen LogP contribution is 2.21. The molecule has 1 aromatic carbocycles. The highest BCUT2D eigenvalue weighted by Gasteiger charge is 2.01. The number of hydrogen-bond acceptors (Lipinski definition) is 2. The van der Waals surface area contributed by atoms with Crippen LogP contribution in [-0.4, -0.2) is 16.7 Å². The van der Waals surface area contributed by atoms with Crippen molar-refractivity contribution < 1.29 is 0 Å². The summed E-state index contributed by atoms with van der Waals surface area (Å²) in [5.74, 6) is 0. The fourth-order valence-corrected chi connectivity index (χ4v) is 2.15. The maximum absolute atomic E-state index is 4.27. The lowest BCUT2D eigenvalue weighted by Crippen LogP contribution is -2.04. The summed E-state index contributed by atoms with van der Waals surface area (Å²) in [5, 5.41) is 7.44. The van der Waals surface area contributed by atoms with Crippen LogP contribution in [0.4, 0.5) is 0 Å². The molecule has 2 heterocycles. The van der Waals surface area contributed by atoms with Gasteiger partial charge in [0, 0.05) is 24.5 Å². The first-order chi connectivity index (χ1) is 8.86. The van der Waals surface area contributed by atoms with Crippen molar-refractivity contribution in [2.24, 2.45) is 0 Å². The van der Waals surface area contributed by atoms with Crippen LogP contribution in [0, 0.1) is 0 Å². The monoisotopic (exact) mass is 237 g/mol. The van der Waals surface area contributed by atoms with Crippen LogP contribution in [0.1, 0.15) is 5.56 Å². The number of hydrogen-bond donors (Lipinski definition) is 1. The Balaban J connectivity index is 2.04. The number of aromatic nitrogens is 2. The standard InChI is InChI=1S/C15H15N3/c1-16-10-12-3-2-4-13(9-12)14-5-6-15-7-8-17-18(15)11-14/h2-9,11,16H,10H2,1H3. The minimum Gasteiger partial charge on any atom is -0.316 e. The SMILES string of the molecule is CNCc1cccc(-c2ccc3ccnn3c2)c1. The van der Waals surface area contributed by atoms with Crippen LogP contribution in [0.15, 0.2) is 54.9 Å². The van der Waals surface area contributed by atoms with E-state index in [0.717, 1.165) is 12.1 Å². The van der Waals surface area contributed by atoms with Gasteiger partial charge in [0.15, 0.2) is 0 Å². The predicted molar refractivity (Wildman–Crippen MR) is 73.4 cm³/mol. The molecule has 0 saturated heterocycles. The van der Waals surface area contributed by atoms with Crippen LogP contribution in [-0.2, 0) is 6.54 Å². The molecule has 0 unspecified atom stereocenters. The Bertz CT molecular complexity index is 670. The molecule has 18 heavy (non-hydrogen) atoms. The summed E-state index contributed by atoms with van der Waals surface area (Å²) in [4.78, 5) is 0. The summed E-state index contributed by atoms with van der Waals surface area (Å²) in [6.45, 7) is 0.887. The van der Waals surface area contributed by atoms with E-state index in [0.29, 0.717) is 0 Å². The van der Waals surface area contributed by atoms with Gasteiger partial charge in [0.2, 0.25) is 0 Å². The van der Waals surface area contributed by atoms with Crippen LogP contribution in [0.2, 0.25) is 0 Å². The third-order valence-corrected chi connectivity index (χ3v) is 3.04.